The SMILES string of the molecule is Cc1nnc(-c2c(COc3ccc(F)cc3)nc(CC(C)C)c(C)c2-c2cc3ccnc(N)c3s2)o1.NC=O. The fourth-order valence-corrected chi connectivity index (χ4v) is 5.36. The molecule has 11 heteroatoms. The number of aryl methyl sites for hydroxylation is 1. The highest BCUT2D eigenvalue weighted by atomic mass is 32.1. The van der Waals surface area contributed by atoms with Crippen LogP contribution in [-0.4, -0.2) is 26.6 Å². The van der Waals surface area contributed by atoms with Crippen molar-refractivity contribution in [3.05, 3.63) is 71.3 Å². The Bertz CT molecular complexity index is 1600. The maximum absolute atomic E-state index is 13.4. The largest absolute Gasteiger partial charge is 0.487 e. The molecule has 4 N–H and O–H groups in total. The molecule has 5 rings (SSSR count). The minimum atomic E-state index is -0.321. The van der Waals surface area contributed by atoms with Crippen LogP contribution in [0.2, 0.25) is 0 Å². The topological polar surface area (TPSA) is 143 Å². The van der Waals surface area contributed by atoms with Crippen LogP contribution in [0.4, 0.5) is 10.2 Å². The first kappa shape index (κ1) is 27.6. The molecule has 5 aromatic rings. The summed E-state index contributed by atoms with van der Waals surface area (Å²) in [7, 11) is 0. The quantitative estimate of drug-likeness (QED) is 0.249. The fraction of sp³-hybridized carbons (Fsp3) is 0.250. The molecule has 1 aromatic carbocycles. The lowest BCUT2D eigenvalue weighted by Gasteiger charge is -2.19. The first-order valence-corrected chi connectivity index (χ1v) is 13.0. The van der Waals surface area contributed by atoms with E-state index in [-0.39, 0.29) is 18.8 Å². The van der Waals surface area contributed by atoms with E-state index < -0.39 is 0 Å². The smallest absolute Gasteiger partial charge is 0.250 e. The van der Waals surface area contributed by atoms with E-state index in [1.165, 1.54) is 12.1 Å². The number of halogens is 1. The number of amides is 1. The van der Waals surface area contributed by atoms with Gasteiger partial charge in [-0.3, -0.25) is 9.78 Å². The maximum atomic E-state index is 13.4. The average molecular weight is 549 g/mol. The van der Waals surface area contributed by atoms with Crippen LogP contribution in [0.25, 0.3) is 32.0 Å². The summed E-state index contributed by atoms with van der Waals surface area (Å²) in [4.78, 5) is 18.9. The number of carbonyl (C=O) groups is 1. The summed E-state index contributed by atoms with van der Waals surface area (Å²) in [6, 6.07) is 9.98. The number of thiophene rings is 1. The number of anilines is 1. The number of nitrogen functional groups attached to an aromatic ring is 1. The van der Waals surface area contributed by atoms with Gasteiger partial charge >= 0.3 is 0 Å². The Morgan fingerprint density at radius 1 is 1.10 bits per heavy atom. The van der Waals surface area contributed by atoms with E-state index in [1.807, 2.05) is 6.07 Å². The van der Waals surface area contributed by atoms with Crippen LogP contribution in [0, 0.1) is 25.6 Å². The van der Waals surface area contributed by atoms with E-state index in [4.69, 9.17) is 24.7 Å². The molecule has 0 spiro atoms. The molecule has 0 radical (unpaired) electrons. The number of primary amides is 1. The van der Waals surface area contributed by atoms with Crippen molar-refractivity contribution in [3.8, 4) is 27.6 Å². The van der Waals surface area contributed by atoms with Crippen LogP contribution in [0.15, 0.2) is 47.0 Å². The number of hydrogen-bond donors (Lipinski definition) is 2. The Balaban J connectivity index is 0.00000112. The highest BCUT2D eigenvalue weighted by Crippen LogP contribution is 2.44. The van der Waals surface area contributed by atoms with Gasteiger partial charge in [0.1, 0.15) is 24.0 Å². The maximum Gasteiger partial charge on any atom is 0.250 e. The summed E-state index contributed by atoms with van der Waals surface area (Å²) in [6.07, 6.45) is 2.75. The van der Waals surface area contributed by atoms with Crippen LogP contribution >= 0.6 is 11.3 Å². The second-order valence-electron chi connectivity index (χ2n) is 9.21. The van der Waals surface area contributed by atoms with Gasteiger partial charge in [0.25, 0.3) is 0 Å². The number of rotatable bonds is 7. The third-order valence-corrected chi connectivity index (χ3v) is 7.05. The summed E-state index contributed by atoms with van der Waals surface area (Å²) in [5.41, 5.74) is 14.7. The fourth-order valence-electron chi connectivity index (χ4n) is 4.20. The average Bonchev–Trinajstić information content (AvgIpc) is 3.52. The van der Waals surface area contributed by atoms with Crippen molar-refractivity contribution in [1.29, 1.82) is 0 Å². The Morgan fingerprint density at radius 3 is 2.44 bits per heavy atom. The second kappa shape index (κ2) is 12.0. The summed E-state index contributed by atoms with van der Waals surface area (Å²) in [5.74, 6) is 1.93. The molecule has 0 saturated heterocycles. The van der Waals surface area contributed by atoms with Crippen molar-refractivity contribution < 1.29 is 18.3 Å². The van der Waals surface area contributed by atoms with E-state index in [1.54, 1.807) is 36.6 Å². The first-order valence-electron chi connectivity index (χ1n) is 12.2. The molecule has 0 aliphatic rings. The highest BCUT2D eigenvalue weighted by Gasteiger charge is 2.26. The van der Waals surface area contributed by atoms with Gasteiger partial charge in [-0.05, 0) is 66.6 Å². The van der Waals surface area contributed by atoms with Gasteiger partial charge in [0.15, 0.2) is 0 Å². The molecule has 0 aliphatic carbocycles. The van der Waals surface area contributed by atoms with E-state index in [9.17, 15) is 4.39 Å². The number of carbonyl (C=O) groups excluding carboxylic acids is 1. The molecular formula is C28H29FN6O3S. The molecule has 0 saturated carbocycles. The molecule has 0 bridgehead atoms. The minimum Gasteiger partial charge on any atom is -0.487 e. The number of aromatic nitrogens is 4. The third kappa shape index (κ3) is 6.20. The lowest BCUT2D eigenvalue weighted by molar-refractivity contribution is -0.106. The van der Waals surface area contributed by atoms with Crippen LogP contribution in [0.1, 0.15) is 36.7 Å². The number of benzene rings is 1. The lowest BCUT2D eigenvalue weighted by atomic mass is 9.94. The zero-order valence-corrected chi connectivity index (χ0v) is 22.9. The number of pyridine rings is 2. The van der Waals surface area contributed by atoms with E-state index >= 15 is 0 Å². The van der Waals surface area contributed by atoms with E-state index in [0.717, 1.165) is 43.8 Å². The van der Waals surface area contributed by atoms with E-state index in [2.05, 4.69) is 47.8 Å². The zero-order valence-electron chi connectivity index (χ0n) is 22.1. The minimum absolute atomic E-state index is 0.148. The van der Waals surface area contributed by atoms with Gasteiger partial charge in [0, 0.05) is 29.3 Å². The molecule has 4 aromatic heterocycles. The van der Waals surface area contributed by atoms with Crippen LogP contribution in [-0.2, 0) is 17.8 Å². The Hall–Kier alpha value is -4.38. The lowest BCUT2D eigenvalue weighted by Crippen LogP contribution is -2.10. The molecule has 39 heavy (non-hydrogen) atoms. The number of nitrogens with zero attached hydrogens (tertiary/aromatic N) is 4. The molecule has 202 valence electrons. The van der Waals surface area contributed by atoms with Gasteiger partial charge < -0.3 is 20.6 Å². The molecule has 9 nitrogen and oxygen atoms in total. The van der Waals surface area contributed by atoms with Crippen LogP contribution in [0.3, 0.4) is 0 Å². The summed E-state index contributed by atoms with van der Waals surface area (Å²) in [5, 5.41) is 9.42. The Morgan fingerprint density at radius 2 is 1.82 bits per heavy atom. The monoisotopic (exact) mass is 548 g/mol. The molecule has 1 amide bonds. The van der Waals surface area contributed by atoms with Gasteiger partial charge in [-0.25, -0.2) is 9.37 Å². The van der Waals surface area contributed by atoms with Crippen LogP contribution in [0.5, 0.6) is 5.75 Å². The summed E-state index contributed by atoms with van der Waals surface area (Å²) < 4.78 is 26.3. The number of ether oxygens (including phenoxy) is 1. The number of fused-ring (bicyclic) bond motifs is 1. The van der Waals surface area contributed by atoms with Crippen molar-refractivity contribution in [1.82, 2.24) is 20.2 Å². The van der Waals surface area contributed by atoms with Gasteiger partial charge in [0.2, 0.25) is 18.2 Å². The highest BCUT2D eigenvalue weighted by molar-refractivity contribution is 7.22. The van der Waals surface area contributed by atoms with Gasteiger partial charge in [0.05, 0.1) is 16.0 Å². The van der Waals surface area contributed by atoms with Gasteiger partial charge in [-0.2, -0.15) is 0 Å². The zero-order chi connectivity index (χ0) is 28.1. The third-order valence-electron chi connectivity index (χ3n) is 5.85. The number of hydrogen-bond acceptors (Lipinski definition) is 9. The standard InChI is InChI=1S/C27H26FN5O2S.CH3NO/c1-14(2)11-20-15(3)23(22-12-17-9-10-30-26(29)25(17)36-22)24(27-33-32-16(4)35-27)21(31-20)13-34-19-7-5-18(28)6-8-19;2-1-3/h5-10,12,14H,11,13H2,1-4H3,(H2,29,30);1H,(H2,2,3). The predicted octanol–water partition coefficient (Wildman–Crippen LogP) is 5.63. The van der Waals surface area contributed by atoms with E-state index in [0.29, 0.717) is 35.0 Å². The van der Waals surface area contributed by atoms with Crippen molar-refractivity contribution in [2.24, 2.45) is 11.7 Å². The molecule has 4 heterocycles. The first-order chi connectivity index (χ1) is 18.7. The molecule has 0 atom stereocenters. The van der Waals surface area contributed by atoms with Crippen molar-refractivity contribution >= 4 is 33.7 Å². The Kier molecular flexibility index (Phi) is 8.50. The van der Waals surface area contributed by atoms with Gasteiger partial charge in [-0.15, -0.1) is 21.5 Å². The Labute approximate surface area is 229 Å². The number of nitrogens with two attached hydrogens (primary N) is 2. The van der Waals surface area contributed by atoms with Gasteiger partial charge in [-0.1, -0.05) is 13.8 Å². The van der Waals surface area contributed by atoms with Crippen LogP contribution < -0.4 is 16.2 Å². The molecular weight excluding hydrogens is 519 g/mol. The van der Waals surface area contributed by atoms with Crippen molar-refractivity contribution in [2.45, 2.75) is 40.7 Å². The molecule has 0 fully saturated rings. The summed E-state index contributed by atoms with van der Waals surface area (Å²) >= 11 is 1.57. The second-order valence-corrected chi connectivity index (χ2v) is 10.3. The summed E-state index contributed by atoms with van der Waals surface area (Å²) in [6.45, 7) is 8.30. The normalized spacial score (nSPS) is 10.9. The predicted molar refractivity (Wildman–Crippen MR) is 150 cm³/mol. The molecule has 0 unspecified atom stereocenters. The van der Waals surface area contributed by atoms with Crippen molar-refractivity contribution in [2.75, 3.05) is 5.73 Å². The molecule has 0 aliphatic heterocycles. The van der Waals surface area contributed by atoms with Crippen molar-refractivity contribution in [3.63, 3.8) is 0 Å².